The highest BCUT2D eigenvalue weighted by molar-refractivity contribution is 7.20. The van der Waals surface area contributed by atoms with Crippen LogP contribution in [-0.2, 0) is 6.54 Å². The molecule has 2 bridgehead atoms. The number of carbonyl (C=O) groups excluding carboxylic acids is 1. The van der Waals surface area contributed by atoms with Gasteiger partial charge in [0.1, 0.15) is 17.0 Å². The number of fused-ring (bicyclic) bond motifs is 3. The van der Waals surface area contributed by atoms with E-state index in [0.717, 1.165) is 44.8 Å². The zero-order valence-electron chi connectivity index (χ0n) is 16.4. The van der Waals surface area contributed by atoms with Crippen molar-refractivity contribution in [1.29, 1.82) is 0 Å². The normalized spacial score (nSPS) is 22.5. The summed E-state index contributed by atoms with van der Waals surface area (Å²) in [6, 6.07) is 0. The molecule has 6 nitrogen and oxygen atoms in total. The molecule has 0 unspecified atom stereocenters. The number of aryl methyl sites for hydroxylation is 2. The van der Waals surface area contributed by atoms with Gasteiger partial charge in [0.05, 0.1) is 27.5 Å². The van der Waals surface area contributed by atoms with Crippen LogP contribution >= 0.6 is 22.7 Å². The van der Waals surface area contributed by atoms with E-state index in [0.29, 0.717) is 23.3 Å². The highest BCUT2D eigenvalue weighted by atomic mass is 32.1. The number of nitrogens with zero attached hydrogens (tertiary/aromatic N) is 3. The highest BCUT2D eigenvalue weighted by Crippen LogP contribution is 2.43. The molecule has 0 aromatic carbocycles. The Morgan fingerprint density at radius 2 is 2.14 bits per heavy atom. The lowest BCUT2D eigenvalue weighted by Gasteiger charge is -2.19. The Kier molecular flexibility index (Phi) is 4.83. The summed E-state index contributed by atoms with van der Waals surface area (Å²) in [5.74, 6) is 2.88. The fourth-order valence-electron chi connectivity index (χ4n) is 4.52. The number of allylic oxidation sites excluding steroid dienone is 2. The fraction of sp³-hybridized carbons (Fsp3) is 0.429. The van der Waals surface area contributed by atoms with Crippen LogP contribution in [0.1, 0.15) is 38.8 Å². The summed E-state index contributed by atoms with van der Waals surface area (Å²) >= 11 is 3.02. The van der Waals surface area contributed by atoms with Gasteiger partial charge in [0.2, 0.25) is 0 Å². The number of thiazole rings is 1. The van der Waals surface area contributed by atoms with Gasteiger partial charge in [-0.25, -0.2) is 15.0 Å². The molecule has 1 amide bonds. The molecule has 1 fully saturated rings. The van der Waals surface area contributed by atoms with E-state index in [4.69, 9.17) is 0 Å². The molecule has 0 spiro atoms. The van der Waals surface area contributed by atoms with Gasteiger partial charge in [-0.15, -0.1) is 22.7 Å². The molecule has 0 radical (unpaired) electrons. The van der Waals surface area contributed by atoms with E-state index in [2.05, 4.69) is 37.7 Å². The first-order chi connectivity index (χ1) is 14.1. The van der Waals surface area contributed by atoms with Crippen molar-refractivity contribution in [3.05, 3.63) is 45.0 Å². The van der Waals surface area contributed by atoms with E-state index in [1.807, 2.05) is 19.2 Å². The second-order valence-electron chi connectivity index (χ2n) is 7.92. The molecule has 2 N–H and O–H groups in total. The minimum absolute atomic E-state index is 0.0830. The van der Waals surface area contributed by atoms with Crippen molar-refractivity contribution in [2.45, 2.75) is 33.2 Å². The predicted molar refractivity (Wildman–Crippen MR) is 118 cm³/mol. The van der Waals surface area contributed by atoms with Crippen LogP contribution in [0, 0.1) is 31.6 Å². The van der Waals surface area contributed by atoms with Crippen molar-refractivity contribution in [2.24, 2.45) is 17.8 Å². The summed E-state index contributed by atoms with van der Waals surface area (Å²) in [6.45, 7) is 5.30. The van der Waals surface area contributed by atoms with Gasteiger partial charge in [-0.1, -0.05) is 12.2 Å². The Labute approximate surface area is 177 Å². The van der Waals surface area contributed by atoms with Crippen LogP contribution in [0.4, 0.5) is 5.82 Å². The first-order valence-corrected chi connectivity index (χ1v) is 11.6. The van der Waals surface area contributed by atoms with Gasteiger partial charge >= 0.3 is 0 Å². The number of nitrogens with one attached hydrogen (secondary N) is 2. The molecular formula is C21H23N5OS2. The third kappa shape index (κ3) is 3.55. The first-order valence-electron chi connectivity index (χ1n) is 9.94. The lowest BCUT2D eigenvalue weighted by Crippen LogP contribution is -2.22. The first kappa shape index (κ1) is 18.7. The number of aromatic nitrogens is 3. The highest BCUT2D eigenvalue weighted by Gasteiger charge is 2.35. The molecule has 8 heteroatoms. The second kappa shape index (κ2) is 7.50. The maximum absolute atomic E-state index is 12.8. The summed E-state index contributed by atoms with van der Waals surface area (Å²) in [4.78, 5) is 27.6. The quantitative estimate of drug-likeness (QED) is 0.575. The van der Waals surface area contributed by atoms with E-state index < -0.39 is 0 Å². The van der Waals surface area contributed by atoms with Gasteiger partial charge in [-0.2, -0.15) is 0 Å². The molecular weight excluding hydrogens is 402 g/mol. The zero-order chi connectivity index (χ0) is 20.0. The second-order valence-corrected chi connectivity index (χ2v) is 9.98. The van der Waals surface area contributed by atoms with Crippen molar-refractivity contribution in [1.82, 2.24) is 20.3 Å². The van der Waals surface area contributed by atoms with Crippen LogP contribution in [0.2, 0.25) is 0 Å². The molecule has 3 heterocycles. The Morgan fingerprint density at radius 3 is 2.86 bits per heavy atom. The number of hydrogen-bond acceptors (Lipinski definition) is 7. The summed E-state index contributed by atoms with van der Waals surface area (Å²) in [5, 5.41) is 10.5. The summed E-state index contributed by atoms with van der Waals surface area (Å²) < 4.78 is 0. The summed E-state index contributed by atoms with van der Waals surface area (Å²) in [5.41, 5.74) is 1.83. The molecule has 0 saturated heterocycles. The lowest BCUT2D eigenvalue weighted by molar-refractivity contribution is 0.0954. The third-order valence-electron chi connectivity index (χ3n) is 5.98. The predicted octanol–water partition coefficient (Wildman–Crippen LogP) is 4.32. The van der Waals surface area contributed by atoms with Crippen LogP contribution in [0.5, 0.6) is 0 Å². The SMILES string of the molecule is Cc1nc(CNC(=O)c2sc3ncnc(NC[C@@H]4C[C@H]5C=C[C@@H]4C5)c3c2C)cs1. The van der Waals surface area contributed by atoms with Gasteiger partial charge in [0.15, 0.2) is 0 Å². The molecule has 1 saturated carbocycles. The fourth-order valence-corrected chi connectivity index (χ4v) is 6.20. The minimum atomic E-state index is -0.0830. The molecule has 5 rings (SSSR count). The van der Waals surface area contributed by atoms with Crippen LogP contribution < -0.4 is 10.6 Å². The van der Waals surface area contributed by atoms with Gasteiger partial charge in [0.25, 0.3) is 5.91 Å². The molecule has 3 aromatic rings. The maximum Gasteiger partial charge on any atom is 0.262 e. The average Bonchev–Trinajstić information content (AvgIpc) is 3.49. The third-order valence-corrected chi connectivity index (χ3v) is 8.00. The lowest BCUT2D eigenvalue weighted by atomic mass is 9.93. The monoisotopic (exact) mass is 425 g/mol. The van der Waals surface area contributed by atoms with Gasteiger partial charge in [0, 0.05) is 11.9 Å². The number of amides is 1. The van der Waals surface area contributed by atoms with Crippen LogP contribution in [0.25, 0.3) is 10.2 Å². The Balaban J connectivity index is 1.33. The van der Waals surface area contributed by atoms with Gasteiger partial charge in [-0.3, -0.25) is 4.79 Å². The molecule has 0 aliphatic heterocycles. The van der Waals surface area contributed by atoms with Crippen molar-refractivity contribution < 1.29 is 4.79 Å². The van der Waals surface area contributed by atoms with E-state index in [1.54, 1.807) is 17.7 Å². The largest absolute Gasteiger partial charge is 0.369 e. The van der Waals surface area contributed by atoms with Crippen LogP contribution in [0.3, 0.4) is 0 Å². The minimum Gasteiger partial charge on any atom is -0.369 e. The molecule has 150 valence electrons. The summed E-state index contributed by atoms with van der Waals surface area (Å²) in [7, 11) is 0. The molecule has 3 aromatic heterocycles. The van der Waals surface area contributed by atoms with Gasteiger partial charge < -0.3 is 10.6 Å². The van der Waals surface area contributed by atoms with Crippen LogP contribution in [0.15, 0.2) is 23.9 Å². The van der Waals surface area contributed by atoms with Crippen LogP contribution in [-0.4, -0.2) is 27.4 Å². The van der Waals surface area contributed by atoms with E-state index in [-0.39, 0.29) is 5.91 Å². The van der Waals surface area contributed by atoms with E-state index in [1.165, 1.54) is 24.2 Å². The van der Waals surface area contributed by atoms with Crippen molar-refractivity contribution in [3.8, 4) is 0 Å². The molecule has 3 atom stereocenters. The Bertz CT molecular complexity index is 1100. The number of thiophene rings is 1. The van der Waals surface area contributed by atoms with E-state index in [9.17, 15) is 4.79 Å². The smallest absolute Gasteiger partial charge is 0.262 e. The standard InChI is InChI=1S/C21H23N5OS2/c1-11-17-19(22-7-15-6-13-3-4-14(15)5-13)24-10-25-21(17)29-18(11)20(27)23-8-16-9-28-12(2)26-16/h3-4,9-10,13-15H,5-8H2,1-2H3,(H,23,27)(H,22,24,25)/t13-,14+,15-/m0/s1. The molecule has 2 aliphatic carbocycles. The summed E-state index contributed by atoms with van der Waals surface area (Å²) in [6.07, 6.45) is 8.88. The number of hydrogen-bond donors (Lipinski definition) is 2. The number of carbonyl (C=O) groups is 1. The van der Waals surface area contributed by atoms with Crippen molar-refractivity contribution >= 4 is 44.6 Å². The zero-order valence-corrected chi connectivity index (χ0v) is 18.1. The topological polar surface area (TPSA) is 79.8 Å². The number of rotatable bonds is 6. The Morgan fingerprint density at radius 1 is 1.24 bits per heavy atom. The van der Waals surface area contributed by atoms with E-state index >= 15 is 0 Å². The number of anilines is 1. The van der Waals surface area contributed by atoms with Crippen molar-refractivity contribution in [2.75, 3.05) is 11.9 Å². The molecule has 29 heavy (non-hydrogen) atoms. The Hall–Kier alpha value is -2.32. The maximum atomic E-state index is 12.8. The van der Waals surface area contributed by atoms with Crippen molar-refractivity contribution in [3.63, 3.8) is 0 Å². The average molecular weight is 426 g/mol. The molecule has 2 aliphatic rings. The van der Waals surface area contributed by atoms with Gasteiger partial charge in [-0.05, 0) is 50.0 Å².